The van der Waals surface area contributed by atoms with E-state index in [1.807, 2.05) is 37.3 Å². The number of hydrogen-bond acceptors (Lipinski definition) is 4. The molecule has 0 radical (unpaired) electrons. The van der Waals surface area contributed by atoms with Gasteiger partial charge in [0.2, 0.25) is 0 Å². The third-order valence-electron chi connectivity index (χ3n) is 3.07. The number of aromatic nitrogens is 2. The van der Waals surface area contributed by atoms with Gasteiger partial charge in [-0.2, -0.15) is 0 Å². The summed E-state index contributed by atoms with van der Waals surface area (Å²) >= 11 is 0. The van der Waals surface area contributed by atoms with Crippen LogP contribution < -0.4 is 5.56 Å². The Bertz CT molecular complexity index is 678. The second kappa shape index (κ2) is 6.83. The number of nitrogens with zero attached hydrogens (tertiary/aromatic N) is 2. The van der Waals surface area contributed by atoms with Gasteiger partial charge in [0, 0.05) is 18.1 Å². The largest absolute Gasteiger partial charge is 0.465 e. The van der Waals surface area contributed by atoms with Crippen LogP contribution in [0.1, 0.15) is 19.7 Å². The smallest absolute Gasteiger partial charge is 0.326 e. The summed E-state index contributed by atoms with van der Waals surface area (Å²) in [5.41, 5.74) is 1.26. The average molecular weight is 286 g/mol. The number of ether oxygens (including phenoxy) is 1. The first-order valence-corrected chi connectivity index (χ1v) is 6.97. The molecule has 0 N–H and O–H groups in total. The Labute approximate surface area is 123 Å². The Morgan fingerprint density at radius 1 is 1.24 bits per heavy atom. The second-order valence-electron chi connectivity index (χ2n) is 4.51. The van der Waals surface area contributed by atoms with Crippen LogP contribution in [0.4, 0.5) is 0 Å². The van der Waals surface area contributed by atoms with Crippen molar-refractivity contribution in [3.8, 4) is 11.3 Å². The van der Waals surface area contributed by atoms with E-state index in [9.17, 15) is 9.59 Å². The summed E-state index contributed by atoms with van der Waals surface area (Å²) in [5, 5.41) is 0. The Morgan fingerprint density at radius 2 is 1.95 bits per heavy atom. The minimum Gasteiger partial charge on any atom is -0.465 e. The highest BCUT2D eigenvalue weighted by molar-refractivity contribution is 5.69. The fraction of sp³-hybridized carbons (Fsp3) is 0.312. The first kappa shape index (κ1) is 15.0. The van der Waals surface area contributed by atoms with Gasteiger partial charge in [-0.25, -0.2) is 4.98 Å². The first-order valence-electron chi connectivity index (χ1n) is 6.97. The molecule has 1 aromatic carbocycles. The Balaban J connectivity index is 2.41. The van der Waals surface area contributed by atoms with Crippen molar-refractivity contribution in [2.45, 2.75) is 26.8 Å². The molecule has 0 aliphatic heterocycles. The molecule has 0 aliphatic carbocycles. The molecule has 0 saturated heterocycles. The summed E-state index contributed by atoms with van der Waals surface area (Å²) in [6, 6.07) is 11.0. The molecule has 0 unspecified atom stereocenters. The van der Waals surface area contributed by atoms with Crippen molar-refractivity contribution < 1.29 is 9.53 Å². The zero-order valence-corrected chi connectivity index (χ0v) is 12.2. The maximum Gasteiger partial charge on any atom is 0.326 e. The highest BCUT2D eigenvalue weighted by atomic mass is 16.5. The van der Waals surface area contributed by atoms with Gasteiger partial charge < -0.3 is 4.74 Å². The SMILES string of the molecule is CCOC(=O)Cn1c(CC)nc(-c2ccccc2)cc1=O. The predicted molar refractivity (Wildman–Crippen MR) is 79.9 cm³/mol. The Kier molecular flexibility index (Phi) is 4.87. The standard InChI is InChI=1S/C16H18N2O3/c1-3-14-17-13(12-8-6-5-7-9-12)10-15(19)18(14)11-16(20)21-4-2/h5-10H,3-4,11H2,1-2H3. The van der Waals surface area contributed by atoms with E-state index in [4.69, 9.17) is 4.74 Å². The van der Waals surface area contributed by atoms with Crippen LogP contribution in [-0.2, 0) is 22.5 Å². The number of carbonyl (C=O) groups is 1. The van der Waals surface area contributed by atoms with Crippen molar-refractivity contribution >= 4 is 5.97 Å². The van der Waals surface area contributed by atoms with Gasteiger partial charge in [-0.3, -0.25) is 14.2 Å². The first-order chi connectivity index (χ1) is 10.2. The second-order valence-corrected chi connectivity index (χ2v) is 4.51. The minimum atomic E-state index is -0.427. The lowest BCUT2D eigenvalue weighted by Crippen LogP contribution is -2.29. The molecule has 0 spiro atoms. The van der Waals surface area contributed by atoms with Crippen LogP contribution in [0, 0.1) is 0 Å². The third-order valence-corrected chi connectivity index (χ3v) is 3.07. The molecule has 5 nitrogen and oxygen atoms in total. The lowest BCUT2D eigenvalue weighted by molar-refractivity contribution is -0.143. The molecule has 0 saturated carbocycles. The molecular weight excluding hydrogens is 268 g/mol. The van der Waals surface area contributed by atoms with E-state index in [-0.39, 0.29) is 12.1 Å². The molecule has 0 bridgehead atoms. The maximum absolute atomic E-state index is 12.2. The predicted octanol–water partition coefficient (Wildman–Crippen LogP) is 2.04. The molecule has 2 aromatic rings. The number of rotatable bonds is 5. The van der Waals surface area contributed by atoms with Crippen molar-refractivity contribution in [2.75, 3.05) is 6.61 Å². The van der Waals surface area contributed by atoms with E-state index in [0.29, 0.717) is 24.5 Å². The van der Waals surface area contributed by atoms with Crippen molar-refractivity contribution in [3.63, 3.8) is 0 Å². The molecule has 0 amide bonds. The van der Waals surface area contributed by atoms with Crippen LogP contribution in [0.25, 0.3) is 11.3 Å². The molecule has 0 fully saturated rings. The zero-order valence-electron chi connectivity index (χ0n) is 12.2. The Hall–Kier alpha value is -2.43. The van der Waals surface area contributed by atoms with E-state index < -0.39 is 5.97 Å². The van der Waals surface area contributed by atoms with Gasteiger partial charge in [-0.05, 0) is 6.92 Å². The van der Waals surface area contributed by atoms with Crippen LogP contribution in [0.3, 0.4) is 0 Å². The molecule has 5 heteroatoms. The van der Waals surface area contributed by atoms with Gasteiger partial charge in [0.15, 0.2) is 0 Å². The molecule has 1 heterocycles. The summed E-state index contributed by atoms with van der Waals surface area (Å²) < 4.78 is 6.25. The van der Waals surface area contributed by atoms with Gasteiger partial charge in [-0.1, -0.05) is 37.3 Å². The lowest BCUT2D eigenvalue weighted by atomic mass is 10.1. The van der Waals surface area contributed by atoms with Crippen LogP contribution >= 0.6 is 0 Å². The van der Waals surface area contributed by atoms with E-state index in [1.54, 1.807) is 6.92 Å². The van der Waals surface area contributed by atoms with Crippen LogP contribution in [0.15, 0.2) is 41.2 Å². The highest BCUT2D eigenvalue weighted by Crippen LogP contribution is 2.15. The summed E-state index contributed by atoms with van der Waals surface area (Å²) in [7, 11) is 0. The molecule has 0 atom stereocenters. The number of hydrogen-bond donors (Lipinski definition) is 0. The normalized spacial score (nSPS) is 10.4. The lowest BCUT2D eigenvalue weighted by Gasteiger charge is -2.11. The molecule has 1 aromatic heterocycles. The van der Waals surface area contributed by atoms with Crippen molar-refractivity contribution in [2.24, 2.45) is 0 Å². The fourth-order valence-electron chi connectivity index (χ4n) is 2.09. The quantitative estimate of drug-likeness (QED) is 0.789. The van der Waals surface area contributed by atoms with Crippen molar-refractivity contribution in [3.05, 3.63) is 52.6 Å². The maximum atomic E-state index is 12.2. The summed E-state index contributed by atoms with van der Waals surface area (Å²) in [6.45, 7) is 3.83. The van der Waals surface area contributed by atoms with Crippen LogP contribution in [-0.4, -0.2) is 22.1 Å². The number of benzene rings is 1. The monoisotopic (exact) mass is 286 g/mol. The van der Waals surface area contributed by atoms with E-state index in [2.05, 4.69) is 4.98 Å². The van der Waals surface area contributed by atoms with Gasteiger partial charge in [0.1, 0.15) is 12.4 Å². The van der Waals surface area contributed by atoms with E-state index in [0.717, 1.165) is 5.56 Å². The summed E-state index contributed by atoms with van der Waals surface area (Å²) in [4.78, 5) is 28.3. The van der Waals surface area contributed by atoms with Gasteiger partial charge in [0.25, 0.3) is 5.56 Å². The minimum absolute atomic E-state index is 0.0993. The van der Waals surface area contributed by atoms with Crippen LogP contribution in [0.5, 0.6) is 0 Å². The fourth-order valence-corrected chi connectivity index (χ4v) is 2.09. The van der Waals surface area contributed by atoms with E-state index in [1.165, 1.54) is 10.6 Å². The van der Waals surface area contributed by atoms with Gasteiger partial charge in [0.05, 0.1) is 12.3 Å². The average Bonchev–Trinajstić information content (AvgIpc) is 2.50. The molecular formula is C16H18N2O3. The summed E-state index contributed by atoms with van der Waals surface area (Å²) in [5.74, 6) is 0.151. The van der Waals surface area contributed by atoms with E-state index >= 15 is 0 Å². The van der Waals surface area contributed by atoms with Crippen molar-refractivity contribution in [1.82, 2.24) is 9.55 Å². The zero-order chi connectivity index (χ0) is 15.2. The number of carbonyl (C=O) groups excluding carboxylic acids is 1. The Morgan fingerprint density at radius 3 is 2.57 bits per heavy atom. The highest BCUT2D eigenvalue weighted by Gasteiger charge is 2.12. The molecule has 110 valence electrons. The molecule has 2 rings (SSSR count). The van der Waals surface area contributed by atoms with Crippen molar-refractivity contribution in [1.29, 1.82) is 0 Å². The van der Waals surface area contributed by atoms with Crippen LogP contribution in [0.2, 0.25) is 0 Å². The molecule has 0 aliphatic rings. The van der Waals surface area contributed by atoms with Gasteiger partial charge >= 0.3 is 5.97 Å². The summed E-state index contributed by atoms with van der Waals surface area (Å²) in [6.07, 6.45) is 0.565. The molecule has 21 heavy (non-hydrogen) atoms. The third kappa shape index (κ3) is 3.56. The topological polar surface area (TPSA) is 61.2 Å². The van der Waals surface area contributed by atoms with Gasteiger partial charge in [-0.15, -0.1) is 0 Å². The number of esters is 1. The number of aryl methyl sites for hydroxylation is 1.